The maximum Gasteiger partial charge on any atom is 0.227 e. The molecule has 0 bridgehead atoms. The molecule has 0 aromatic heterocycles. The molecule has 1 amide bonds. The molecule has 1 saturated heterocycles. The summed E-state index contributed by atoms with van der Waals surface area (Å²) in [7, 11) is 0. The van der Waals surface area contributed by atoms with Crippen molar-refractivity contribution in [2.45, 2.75) is 24.9 Å². The van der Waals surface area contributed by atoms with E-state index in [1.165, 1.54) is 0 Å². The smallest absolute Gasteiger partial charge is 0.227 e. The summed E-state index contributed by atoms with van der Waals surface area (Å²) < 4.78 is 7.00. The lowest BCUT2D eigenvalue weighted by Gasteiger charge is -2.38. The molecule has 2 aromatic carbocycles. The van der Waals surface area contributed by atoms with Crippen LogP contribution in [0.3, 0.4) is 0 Å². The molecular formula is C17H14BrClN2O2. The topological polar surface area (TPSA) is 55.6 Å². The summed E-state index contributed by atoms with van der Waals surface area (Å²) in [6.45, 7) is 0. The molecule has 0 radical (unpaired) electrons. The van der Waals surface area contributed by atoms with Crippen molar-refractivity contribution in [2.24, 2.45) is 5.73 Å². The SMILES string of the molecule is N[C@H]1CCC(=O)N2c3cc(Cl)ccc3Oc3cc(Br)ccc3[C@@H]12. The molecule has 2 aliphatic rings. The molecule has 4 nitrogen and oxygen atoms in total. The van der Waals surface area contributed by atoms with Gasteiger partial charge in [0, 0.05) is 27.5 Å². The zero-order valence-electron chi connectivity index (χ0n) is 12.1. The van der Waals surface area contributed by atoms with Gasteiger partial charge in [-0.15, -0.1) is 0 Å². The van der Waals surface area contributed by atoms with Crippen molar-refractivity contribution in [3.63, 3.8) is 0 Å². The highest BCUT2D eigenvalue weighted by molar-refractivity contribution is 9.10. The molecule has 4 rings (SSSR count). The Morgan fingerprint density at radius 3 is 2.87 bits per heavy atom. The lowest BCUT2D eigenvalue weighted by atomic mass is 9.90. The maximum absolute atomic E-state index is 12.6. The molecule has 2 N–H and O–H groups in total. The van der Waals surface area contributed by atoms with Crippen LogP contribution in [-0.2, 0) is 4.79 Å². The standard InChI is InChI=1S/C17H14BrClN2O2/c18-9-1-3-11-15(7-9)23-14-5-2-10(19)8-13(14)21-16(22)6-4-12(20)17(11)21/h1-3,5,7-8,12,17H,4,6,20H2/t12-,17-/m0/s1. The zero-order chi connectivity index (χ0) is 16.1. The summed E-state index contributed by atoms with van der Waals surface area (Å²) in [5, 5.41) is 0.560. The highest BCUT2D eigenvalue weighted by Crippen LogP contribution is 2.48. The Balaban J connectivity index is 1.99. The molecule has 23 heavy (non-hydrogen) atoms. The molecule has 118 valence electrons. The van der Waals surface area contributed by atoms with Crippen molar-refractivity contribution in [1.29, 1.82) is 0 Å². The summed E-state index contributed by atoms with van der Waals surface area (Å²) in [6, 6.07) is 10.7. The minimum Gasteiger partial charge on any atom is -0.455 e. The molecule has 2 aliphatic heterocycles. The van der Waals surface area contributed by atoms with Crippen LogP contribution >= 0.6 is 27.5 Å². The second-order valence-corrected chi connectivity index (χ2v) is 7.16. The van der Waals surface area contributed by atoms with Crippen molar-refractivity contribution in [3.8, 4) is 11.5 Å². The predicted octanol–water partition coefficient (Wildman–Crippen LogP) is 4.40. The highest BCUT2D eigenvalue weighted by Gasteiger charge is 2.40. The van der Waals surface area contributed by atoms with Gasteiger partial charge in [0.15, 0.2) is 5.75 Å². The minimum atomic E-state index is -0.251. The molecule has 0 spiro atoms. The number of benzene rings is 2. The summed E-state index contributed by atoms with van der Waals surface area (Å²) in [5.74, 6) is 1.36. The normalized spacial score (nSPS) is 22.6. The largest absolute Gasteiger partial charge is 0.455 e. The number of halogens is 2. The number of amides is 1. The fraction of sp³-hybridized carbons (Fsp3) is 0.235. The van der Waals surface area contributed by atoms with E-state index in [1.54, 1.807) is 23.1 Å². The lowest BCUT2D eigenvalue weighted by molar-refractivity contribution is -0.120. The monoisotopic (exact) mass is 392 g/mol. The third-order valence-corrected chi connectivity index (χ3v) is 5.07. The Morgan fingerprint density at radius 1 is 1.22 bits per heavy atom. The molecule has 2 aromatic rings. The average Bonchev–Trinajstić information content (AvgIpc) is 2.65. The van der Waals surface area contributed by atoms with Crippen LogP contribution in [0.2, 0.25) is 5.02 Å². The number of rotatable bonds is 0. The van der Waals surface area contributed by atoms with Gasteiger partial charge in [-0.25, -0.2) is 0 Å². The van der Waals surface area contributed by atoms with Crippen LogP contribution in [0.5, 0.6) is 11.5 Å². The average molecular weight is 394 g/mol. The molecular weight excluding hydrogens is 380 g/mol. The van der Waals surface area contributed by atoms with Crippen LogP contribution in [0, 0.1) is 0 Å². The molecule has 0 aliphatic carbocycles. The van der Waals surface area contributed by atoms with E-state index in [4.69, 9.17) is 22.1 Å². The van der Waals surface area contributed by atoms with Gasteiger partial charge in [0.1, 0.15) is 5.75 Å². The van der Waals surface area contributed by atoms with Gasteiger partial charge < -0.3 is 10.5 Å². The molecule has 0 unspecified atom stereocenters. The van der Waals surface area contributed by atoms with Gasteiger partial charge in [-0.3, -0.25) is 9.69 Å². The number of anilines is 1. The first kappa shape index (κ1) is 15.0. The molecule has 0 saturated carbocycles. The van der Waals surface area contributed by atoms with Crippen LogP contribution < -0.4 is 15.4 Å². The van der Waals surface area contributed by atoms with Crippen LogP contribution in [0.15, 0.2) is 40.9 Å². The molecule has 1 fully saturated rings. The Labute approximate surface area is 147 Å². The van der Waals surface area contributed by atoms with E-state index < -0.39 is 0 Å². The van der Waals surface area contributed by atoms with Crippen molar-refractivity contribution in [3.05, 3.63) is 51.5 Å². The zero-order valence-corrected chi connectivity index (χ0v) is 14.5. The summed E-state index contributed by atoms with van der Waals surface area (Å²) in [5.41, 5.74) is 7.97. The first-order valence-electron chi connectivity index (χ1n) is 7.39. The number of piperidine rings is 1. The van der Waals surface area contributed by atoms with Gasteiger partial charge in [-0.05, 0) is 36.8 Å². The second kappa shape index (κ2) is 5.51. The number of fused-ring (bicyclic) bond motifs is 5. The van der Waals surface area contributed by atoms with Crippen LogP contribution in [-0.4, -0.2) is 11.9 Å². The molecule has 2 atom stereocenters. The van der Waals surface area contributed by atoms with E-state index in [0.29, 0.717) is 35.1 Å². The predicted molar refractivity (Wildman–Crippen MR) is 93.1 cm³/mol. The van der Waals surface area contributed by atoms with Crippen molar-refractivity contribution in [1.82, 2.24) is 0 Å². The van der Waals surface area contributed by atoms with E-state index >= 15 is 0 Å². The number of nitrogens with two attached hydrogens (primary N) is 1. The first-order chi connectivity index (χ1) is 11.0. The Hall–Kier alpha value is -1.56. The van der Waals surface area contributed by atoms with Crippen LogP contribution in [0.1, 0.15) is 24.4 Å². The number of carbonyl (C=O) groups excluding carboxylic acids is 1. The molecule has 2 heterocycles. The van der Waals surface area contributed by atoms with E-state index in [2.05, 4.69) is 15.9 Å². The lowest BCUT2D eigenvalue weighted by Crippen LogP contribution is -2.48. The number of carbonyl (C=O) groups is 1. The van der Waals surface area contributed by atoms with Gasteiger partial charge in [0.05, 0.1) is 11.7 Å². The third-order valence-electron chi connectivity index (χ3n) is 4.34. The Kier molecular flexibility index (Phi) is 3.59. The fourth-order valence-electron chi connectivity index (χ4n) is 3.29. The van der Waals surface area contributed by atoms with Crippen molar-refractivity contribution in [2.75, 3.05) is 4.90 Å². The Morgan fingerprint density at radius 2 is 2.04 bits per heavy atom. The van der Waals surface area contributed by atoms with E-state index in [1.807, 2.05) is 18.2 Å². The number of nitrogens with zero attached hydrogens (tertiary/aromatic N) is 1. The van der Waals surface area contributed by atoms with E-state index in [0.717, 1.165) is 10.0 Å². The minimum absolute atomic E-state index is 0.0413. The third kappa shape index (κ3) is 2.43. The fourth-order valence-corrected chi connectivity index (χ4v) is 3.80. The van der Waals surface area contributed by atoms with Gasteiger partial charge in [-0.1, -0.05) is 33.6 Å². The molecule has 6 heteroatoms. The number of ether oxygens (including phenoxy) is 1. The van der Waals surface area contributed by atoms with Gasteiger partial charge >= 0.3 is 0 Å². The van der Waals surface area contributed by atoms with Gasteiger partial charge in [0.25, 0.3) is 0 Å². The van der Waals surface area contributed by atoms with Crippen molar-refractivity contribution < 1.29 is 9.53 Å². The van der Waals surface area contributed by atoms with Crippen LogP contribution in [0.4, 0.5) is 5.69 Å². The quantitative estimate of drug-likeness (QED) is 0.721. The highest BCUT2D eigenvalue weighted by atomic mass is 79.9. The number of hydrogen-bond acceptors (Lipinski definition) is 3. The summed E-state index contributed by atoms with van der Waals surface area (Å²) >= 11 is 9.62. The van der Waals surface area contributed by atoms with E-state index in [-0.39, 0.29) is 18.0 Å². The van der Waals surface area contributed by atoms with Gasteiger partial charge in [-0.2, -0.15) is 0 Å². The van der Waals surface area contributed by atoms with Crippen LogP contribution in [0.25, 0.3) is 0 Å². The van der Waals surface area contributed by atoms with Gasteiger partial charge in [0.2, 0.25) is 5.91 Å². The maximum atomic E-state index is 12.6. The summed E-state index contributed by atoms with van der Waals surface area (Å²) in [6.07, 6.45) is 1.08. The van der Waals surface area contributed by atoms with E-state index in [9.17, 15) is 4.79 Å². The Bertz CT molecular complexity index is 811. The first-order valence-corrected chi connectivity index (χ1v) is 8.56. The number of hydrogen-bond donors (Lipinski definition) is 1. The second-order valence-electron chi connectivity index (χ2n) is 5.81. The summed E-state index contributed by atoms with van der Waals surface area (Å²) in [4.78, 5) is 14.4. The van der Waals surface area contributed by atoms with Crippen molar-refractivity contribution >= 4 is 39.1 Å².